The molecule has 0 saturated carbocycles. The number of anilines is 1. The van der Waals surface area contributed by atoms with E-state index in [1.54, 1.807) is 0 Å². The number of nitrogens with zero attached hydrogens (tertiary/aromatic N) is 1. The van der Waals surface area contributed by atoms with Gasteiger partial charge in [-0.05, 0) is 43.7 Å². The molecule has 2 nitrogen and oxygen atoms in total. The van der Waals surface area contributed by atoms with Crippen molar-refractivity contribution in [1.29, 1.82) is 0 Å². The van der Waals surface area contributed by atoms with Crippen molar-refractivity contribution in [2.24, 2.45) is 7.05 Å². The molecule has 0 aliphatic heterocycles. The Morgan fingerprint density at radius 3 is 2.33 bits per heavy atom. The van der Waals surface area contributed by atoms with Gasteiger partial charge in [-0.3, -0.25) is 0 Å². The van der Waals surface area contributed by atoms with Crippen LogP contribution in [0.4, 0.5) is 23.2 Å². The molecular weight excluding hydrogens is 284 g/mol. The third kappa shape index (κ3) is 3.20. The van der Waals surface area contributed by atoms with Crippen LogP contribution in [0.25, 0.3) is 0 Å². The Morgan fingerprint density at radius 2 is 1.81 bits per heavy atom. The van der Waals surface area contributed by atoms with Crippen LogP contribution < -0.4 is 5.32 Å². The first-order chi connectivity index (χ1) is 9.70. The third-order valence-corrected chi connectivity index (χ3v) is 3.64. The Labute approximate surface area is 120 Å². The lowest BCUT2D eigenvalue weighted by Crippen LogP contribution is -2.08. The number of halogens is 4. The zero-order valence-electron chi connectivity index (χ0n) is 12.0. The van der Waals surface area contributed by atoms with Crippen molar-refractivity contribution in [3.05, 3.63) is 52.6 Å². The predicted molar refractivity (Wildman–Crippen MR) is 73.6 cm³/mol. The van der Waals surface area contributed by atoms with Gasteiger partial charge in [0.2, 0.25) is 0 Å². The van der Waals surface area contributed by atoms with Gasteiger partial charge in [-0.2, -0.15) is 13.2 Å². The van der Waals surface area contributed by atoms with Crippen LogP contribution >= 0.6 is 0 Å². The minimum atomic E-state index is -4.48. The molecule has 0 fully saturated rings. The molecule has 0 aliphatic rings. The van der Waals surface area contributed by atoms with Gasteiger partial charge in [-0.15, -0.1) is 0 Å². The molecule has 2 aromatic rings. The van der Waals surface area contributed by atoms with Gasteiger partial charge in [-0.1, -0.05) is 0 Å². The fourth-order valence-corrected chi connectivity index (χ4v) is 2.14. The van der Waals surface area contributed by atoms with Gasteiger partial charge in [0.25, 0.3) is 0 Å². The maximum Gasteiger partial charge on any atom is 0.416 e. The molecule has 0 radical (unpaired) electrons. The summed E-state index contributed by atoms with van der Waals surface area (Å²) in [5.74, 6) is -0.701. The fraction of sp³-hybridized carbons (Fsp3) is 0.333. The molecule has 1 heterocycles. The highest BCUT2D eigenvalue weighted by Gasteiger charge is 2.31. The maximum absolute atomic E-state index is 13.6. The van der Waals surface area contributed by atoms with Crippen molar-refractivity contribution >= 4 is 5.69 Å². The van der Waals surface area contributed by atoms with Crippen LogP contribution in [0.1, 0.15) is 22.5 Å². The standard InChI is InChI=1S/C15H16F4N2/c1-9-6-11(10(2)21(9)3)8-20-14-7-12(15(17,18)19)4-5-13(14)16/h4-7,20H,8H2,1-3H3. The Morgan fingerprint density at radius 1 is 1.14 bits per heavy atom. The molecule has 0 amide bonds. The lowest BCUT2D eigenvalue weighted by molar-refractivity contribution is -0.137. The molecule has 0 bridgehead atoms. The smallest absolute Gasteiger partial charge is 0.379 e. The minimum Gasteiger partial charge on any atom is -0.379 e. The number of nitrogens with one attached hydrogen (secondary N) is 1. The molecular formula is C15H16F4N2. The quantitative estimate of drug-likeness (QED) is 0.831. The van der Waals surface area contributed by atoms with Gasteiger partial charge in [0, 0.05) is 25.0 Å². The Hall–Kier alpha value is -1.98. The van der Waals surface area contributed by atoms with Crippen molar-refractivity contribution in [1.82, 2.24) is 4.57 Å². The fourth-order valence-electron chi connectivity index (χ4n) is 2.14. The molecule has 0 aliphatic carbocycles. The summed E-state index contributed by atoms with van der Waals surface area (Å²) in [6, 6.07) is 4.28. The number of aromatic nitrogens is 1. The van der Waals surface area contributed by atoms with Gasteiger partial charge in [-0.25, -0.2) is 4.39 Å². The van der Waals surface area contributed by atoms with Crippen LogP contribution in [0, 0.1) is 19.7 Å². The SMILES string of the molecule is Cc1cc(CNc2cc(C(F)(F)F)ccc2F)c(C)n1C. The van der Waals surface area contributed by atoms with Crippen molar-refractivity contribution in [3.63, 3.8) is 0 Å². The number of hydrogen-bond donors (Lipinski definition) is 1. The van der Waals surface area contributed by atoms with Crippen LogP contribution in [0.15, 0.2) is 24.3 Å². The van der Waals surface area contributed by atoms with E-state index in [9.17, 15) is 17.6 Å². The van der Waals surface area contributed by atoms with Gasteiger partial charge in [0.15, 0.2) is 0 Å². The van der Waals surface area contributed by atoms with Gasteiger partial charge >= 0.3 is 6.18 Å². The average Bonchev–Trinajstić information content (AvgIpc) is 2.64. The summed E-state index contributed by atoms with van der Waals surface area (Å²) in [6.07, 6.45) is -4.48. The second-order valence-electron chi connectivity index (χ2n) is 5.00. The normalized spacial score (nSPS) is 11.8. The Kier molecular flexibility index (Phi) is 3.98. The molecule has 2 rings (SSSR count). The van der Waals surface area contributed by atoms with E-state index >= 15 is 0 Å². The van der Waals surface area contributed by atoms with Crippen LogP contribution in [0.5, 0.6) is 0 Å². The topological polar surface area (TPSA) is 17.0 Å². The summed E-state index contributed by atoms with van der Waals surface area (Å²) < 4.78 is 53.5. The number of alkyl halides is 3. The maximum atomic E-state index is 13.6. The summed E-state index contributed by atoms with van der Waals surface area (Å²) >= 11 is 0. The number of aryl methyl sites for hydroxylation is 1. The summed E-state index contributed by atoms with van der Waals surface area (Å²) in [7, 11) is 1.90. The number of benzene rings is 1. The first-order valence-electron chi connectivity index (χ1n) is 6.42. The van der Waals surface area contributed by atoms with E-state index in [2.05, 4.69) is 5.32 Å². The monoisotopic (exact) mass is 300 g/mol. The van der Waals surface area contributed by atoms with Crippen LogP contribution in [-0.2, 0) is 19.8 Å². The summed E-state index contributed by atoms with van der Waals surface area (Å²) in [6.45, 7) is 4.11. The lowest BCUT2D eigenvalue weighted by Gasteiger charge is -2.12. The van der Waals surface area contributed by atoms with Crippen molar-refractivity contribution in [2.45, 2.75) is 26.6 Å². The molecule has 1 N–H and O–H groups in total. The first kappa shape index (κ1) is 15.4. The molecule has 114 valence electrons. The molecule has 0 spiro atoms. The van der Waals surface area contributed by atoms with E-state index in [0.29, 0.717) is 0 Å². The van der Waals surface area contributed by atoms with Crippen LogP contribution in [0.2, 0.25) is 0 Å². The first-order valence-corrected chi connectivity index (χ1v) is 6.42. The lowest BCUT2D eigenvalue weighted by atomic mass is 10.1. The van der Waals surface area contributed by atoms with Crippen LogP contribution in [0.3, 0.4) is 0 Å². The number of rotatable bonds is 3. The van der Waals surface area contributed by atoms with Gasteiger partial charge in [0.05, 0.1) is 11.3 Å². The summed E-state index contributed by atoms with van der Waals surface area (Å²) in [4.78, 5) is 0. The second kappa shape index (κ2) is 5.42. The molecule has 0 saturated heterocycles. The van der Waals surface area contributed by atoms with E-state index in [-0.39, 0.29) is 12.2 Å². The Balaban J connectivity index is 2.21. The average molecular weight is 300 g/mol. The summed E-state index contributed by atoms with van der Waals surface area (Å²) in [5.41, 5.74) is 1.94. The molecule has 0 atom stereocenters. The third-order valence-electron chi connectivity index (χ3n) is 3.64. The molecule has 21 heavy (non-hydrogen) atoms. The largest absolute Gasteiger partial charge is 0.416 e. The molecule has 6 heteroatoms. The van der Waals surface area contributed by atoms with E-state index in [1.807, 2.05) is 31.5 Å². The Bertz CT molecular complexity index is 656. The predicted octanol–water partition coefficient (Wildman–Crippen LogP) is 4.41. The second-order valence-corrected chi connectivity index (χ2v) is 5.00. The zero-order chi connectivity index (χ0) is 15.8. The van der Waals surface area contributed by atoms with Gasteiger partial charge in [0.1, 0.15) is 5.82 Å². The highest BCUT2D eigenvalue weighted by atomic mass is 19.4. The zero-order valence-corrected chi connectivity index (χ0v) is 12.0. The van der Waals surface area contributed by atoms with Crippen molar-refractivity contribution < 1.29 is 17.6 Å². The highest BCUT2D eigenvalue weighted by Crippen LogP contribution is 2.32. The van der Waals surface area contributed by atoms with E-state index in [4.69, 9.17) is 0 Å². The van der Waals surface area contributed by atoms with E-state index in [1.165, 1.54) is 0 Å². The van der Waals surface area contributed by atoms with Crippen molar-refractivity contribution in [2.75, 3.05) is 5.32 Å². The molecule has 1 aromatic carbocycles. The van der Waals surface area contributed by atoms with Crippen LogP contribution in [-0.4, -0.2) is 4.57 Å². The minimum absolute atomic E-state index is 0.147. The summed E-state index contributed by atoms with van der Waals surface area (Å²) in [5, 5.41) is 2.73. The molecule has 0 unspecified atom stereocenters. The number of hydrogen-bond acceptors (Lipinski definition) is 1. The van der Waals surface area contributed by atoms with E-state index < -0.39 is 17.6 Å². The van der Waals surface area contributed by atoms with Crippen molar-refractivity contribution in [3.8, 4) is 0 Å². The molecule has 1 aromatic heterocycles. The van der Waals surface area contributed by atoms with Gasteiger partial charge < -0.3 is 9.88 Å². The highest BCUT2D eigenvalue weighted by molar-refractivity contribution is 5.49. The van der Waals surface area contributed by atoms with E-state index in [0.717, 1.165) is 35.2 Å².